The predicted octanol–water partition coefficient (Wildman–Crippen LogP) is 4.14. The lowest BCUT2D eigenvalue weighted by Crippen LogP contribution is -2.39. The lowest BCUT2D eigenvalue weighted by atomic mass is 9.88. The third-order valence-electron chi connectivity index (χ3n) is 4.34. The second-order valence-electron chi connectivity index (χ2n) is 6.47. The van der Waals surface area contributed by atoms with E-state index in [4.69, 9.17) is 0 Å². The molecule has 0 unspecified atom stereocenters. The summed E-state index contributed by atoms with van der Waals surface area (Å²) in [6.45, 7) is 8.38. The van der Waals surface area contributed by atoms with Crippen LogP contribution in [0.4, 0.5) is 0 Å². The van der Waals surface area contributed by atoms with E-state index in [1.54, 1.807) is 0 Å². The molecule has 1 amide bonds. The van der Waals surface area contributed by atoms with E-state index in [-0.39, 0.29) is 0 Å². The predicted molar refractivity (Wildman–Crippen MR) is 83.8 cm³/mol. The molecular formula is C18H27NO. The number of benzene rings is 1. The van der Waals surface area contributed by atoms with E-state index in [1.165, 1.54) is 17.5 Å². The van der Waals surface area contributed by atoms with Crippen molar-refractivity contribution in [1.29, 1.82) is 0 Å². The number of nitrogens with zero attached hydrogens (tertiary/aromatic N) is 1. The van der Waals surface area contributed by atoms with E-state index < -0.39 is 0 Å². The molecule has 0 saturated carbocycles. The molecule has 1 aromatic carbocycles. The van der Waals surface area contributed by atoms with Gasteiger partial charge in [0.15, 0.2) is 0 Å². The molecule has 1 aliphatic heterocycles. The molecule has 1 saturated heterocycles. The standard InChI is InChI=1S/C18H27NO/c1-14(2)10-11-18(20)19-12-6-8-16(13-19)17-9-5-4-7-15(17)3/h4-5,7,9,14,16H,6,8,10-13H2,1-3H3/t16-/m1/s1. The minimum absolute atomic E-state index is 0.344. The van der Waals surface area contributed by atoms with Gasteiger partial charge < -0.3 is 4.90 Å². The Balaban J connectivity index is 1.98. The number of hydrogen-bond donors (Lipinski definition) is 0. The molecule has 0 bridgehead atoms. The summed E-state index contributed by atoms with van der Waals surface area (Å²) in [6.07, 6.45) is 4.05. The van der Waals surface area contributed by atoms with Crippen LogP contribution in [-0.2, 0) is 4.79 Å². The summed E-state index contributed by atoms with van der Waals surface area (Å²) < 4.78 is 0. The number of hydrogen-bond acceptors (Lipinski definition) is 1. The molecule has 1 aromatic rings. The normalized spacial score (nSPS) is 19.4. The highest BCUT2D eigenvalue weighted by atomic mass is 16.2. The van der Waals surface area contributed by atoms with Crippen LogP contribution in [0.3, 0.4) is 0 Å². The zero-order valence-corrected chi connectivity index (χ0v) is 13.1. The number of amides is 1. The van der Waals surface area contributed by atoms with Gasteiger partial charge in [0.2, 0.25) is 5.91 Å². The fourth-order valence-corrected chi connectivity index (χ4v) is 3.07. The minimum Gasteiger partial charge on any atom is -0.342 e. The Morgan fingerprint density at radius 2 is 2.10 bits per heavy atom. The van der Waals surface area contributed by atoms with Gasteiger partial charge in [-0.15, -0.1) is 0 Å². The maximum atomic E-state index is 12.3. The SMILES string of the molecule is Cc1ccccc1[C@@H]1CCCN(C(=O)CCC(C)C)C1. The van der Waals surface area contributed by atoms with Crippen LogP contribution in [0.25, 0.3) is 0 Å². The van der Waals surface area contributed by atoms with E-state index in [0.29, 0.717) is 24.2 Å². The maximum Gasteiger partial charge on any atom is 0.222 e. The Morgan fingerprint density at radius 3 is 2.80 bits per heavy atom. The van der Waals surface area contributed by atoms with Crippen LogP contribution in [0.1, 0.15) is 56.6 Å². The van der Waals surface area contributed by atoms with Crippen molar-refractivity contribution in [2.24, 2.45) is 5.92 Å². The average molecular weight is 273 g/mol. The van der Waals surface area contributed by atoms with Crippen molar-refractivity contribution in [2.45, 2.75) is 52.4 Å². The summed E-state index contributed by atoms with van der Waals surface area (Å²) in [4.78, 5) is 14.4. The van der Waals surface area contributed by atoms with Gasteiger partial charge in [-0.05, 0) is 43.2 Å². The highest BCUT2D eigenvalue weighted by Crippen LogP contribution is 2.29. The number of carbonyl (C=O) groups excluding carboxylic acids is 1. The third-order valence-corrected chi connectivity index (χ3v) is 4.34. The maximum absolute atomic E-state index is 12.3. The van der Waals surface area contributed by atoms with Crippen molar-refractivity contribution >= 4 is 5.91 Å². The Hall–Kier alpha value is -1.31. The first-order chi connectivity index (χ1) is 9.58. The summed E-state index contributed by atoms with van der Waals surface area (Å²) in [5.41, 5.74) is 2.78. The average Bonchev–Trinajstić information content (AvgIpc) is 2.45. The van der Waals surface area contributed by atoms with Gasteiger partial charge in [-0.3, -0.25) is 4.79 Å². The molecule has 110 valence electrons. The van der Waals surface area contributed by atoms with Gasteiger partial charge in [0.25, 0.3) is 0 Å². The van der Waals surface area contributed by atoms with Gasteiger partial charge in [0.05, 0.1) is 0 Å². The topological polar surface area (TPSA) is 20.3 Å². The van der Waals surface area contributed by atoms with Crippen LogP contribution in [0.2, 0.25) is 0 Å². The number of carbonyl (C=O) groups is 1. The lowest BCUT2D eigenvalue weighted by Gasteiger charge is -2.34. The summed E-state index contributed by atoms with van der Waals surface area (Å²) in [5, 5.41) is 0. The van der Waals surface area contributed by atoms with E-state index >= 15 is 0 Å². The molecule has 2 nitrogen and oxygen atoms in total. The number of aryl methyl sites for hydroxylation is 1. The Bertz CT molecular complexity index is 452. The zero-order chi connectivity index (χ0) is 14.5. The first-order valence-corrected chi connectivity index (χ1v) is 7.91. The molecule has 0 radical (unpaired) electrons. The van der Waals surface area contributed by atoms with Gasteiger partial charge in [-0.2, -0.15) is 0 Å². The molecule has 1 fully saturated rings. The van der Waals surface area contributed by atoms with Crippen molar-refractivity contribution in [3.8, 4) is 0 Å². The molecular weight excluding hydrogens is 246 g/mol. The second kappa shape index (κ2) is 6.92. The molecule has 0 N–H and O–H groups in total. The molecule has 1 heterocycles. The van der Waals surface area contributed by atoms with Crippen molar-refractivity contribution < 1.29 is 4.79 Å². The highest BCUT2D eigenvalue weighted by molar-refractivity contribution is 5.76. The first kappa shape index (κ1) is 15.1. The minimum atomic E-state index is 0.344. The highest BCUT2D eigenvalue weighted by Gasteiger charge is 2.25. The largest absolute Gasteiger partial charge is 0.342 e. The van der Waals surface area contributed by atoms with E-state index in [0.717, 1.165) is 25.9 Å². The van der Waals surface area contributed by atoms with Crippen LogP contribution < -0.4 is 0 Å². The Labute approximate surface area is 123 Å². The fraction of sp³-hybridized carbons (Fsp3) is 0.611. The number of rotatable bonds is 4. The quantitative estimate of drug-likeness (QED) is 0.807. The van der Waals surface area contributed by atoms with E-state index in [2.05, 4.69) is 49.9 Å². The van der Waals surface area contributed by atoms with Crippen LogP contribution in [0, 0.1) is 12.8 Å². The first-order valence-electron chi connectivity index (χ1n) is 7.91. The van der Waals surface area contributed by atoms with Crippen molar-refractivity contribution in [2.75, 3.05) is 13.1 Å². The molecule has 20 heavy (non-hydrogen) atoms. The summed E-state index contributed by atoms with van der Waals surface area (Å²) in [5.74, 6) is 1.47. The van der Waals surface area contributed by atoms with Crippen LogP contribution in [0.5, 0.6) is 0 Å². The number of piperidine rings is 1. The van der Waals surface area contributed by atoms with Crippen molar-refractivity contribution in [3.05, 3.63) is 35.4 Å². The lowest BCUT2D eigenvalue weighted by molar-refractivity contribution is -0.132. The number of likely N-dealkylation sites (tertiary alicyclic amines) is 1. The van der Waals surface area contributed by atoms with Crippen LogP contribution in [0.15, 0.2) is 24.3 Å². The fourth-order valence-electron chi connectivity index (χ4n) is 3.07. The molecule has 0 spiro atoms. The van der Waals surface area contributed by atoms with E-state index in [9.17, 15) is 4.79 Å². The zero-order valence-electron chi connectivity index (χ0n) is 13.1. The van der Waals surface area contributed by atoms with Crippen molar-refractivity contribution in [1.82, 2.24) is 4.90 Å². The van der Waals surface area contributed by atoms with E-state index in [1.807, 2.05) is 0 Å². The van der Waals surface area contributed by atoms with Crippen LogP contribution in [-0.4, -0.2) is 23.9 Å². The van der Waals surface area contributed by atoms with Crippen LogP contribution >= 0.6 is 0 Å². The smallest absolute Gasteiger partial charge is 0.222 e. The summed E-state index contributed by atoms with van der Waals surface area (Å²) in [6, 6.07) is 8.60. The molecule has 2 heteroatoms. The Kier molecular flexibility index (Phi) is 5.22. The van der Waals surface area contributed by atoms with Crippen molar-refractivity contribution in [3.63, 3.8) is 0 Å². The van der Waals surface area contributed by atoms with Gasteiger partial charge in [0, 0.05) is 25.4 Å². The summed E-state index contributed by atoms with van der Waals surface area (Å²) >= 11 is 0. The molecule has 1 aliphatic rings. The third kappa shape index (κ3) is 3.84. The van der Waals surface area contributed by atoms with Gasteiger partial charge >= 0.3 is 0 Å². The molecule has 1 atom stereocenters. The second-order valence-corrected chi connectivity index (χ2v) is 6.47. The van der Waals surface area contributed by atoms with Gasteiger partial charge in [-0.1, -0.05) is 38.1 Å². The summed E-state index contributed by atoms with van der Waals surface area (Å²) in [7, 11) is 0. The monoisotopic (exact) mass is 273 g/mol. The molecule has 0 aliphatic carbocycles. The Morgan fingerprint density at radius 1 is 1.35 bits per heavy atom. The van der Waals surface area contributed by atoms with Gasteiger partial charge in [-0.25, -0.2) is 0 Å². The molecule has 2 rings (SSSR count). The van der Waals surface area contributed by atoms with Gasteiger partial charge in [0.1, 0.15) is 0 Å². The molecule has 0 aromatic heterocycles.